The van der Waals surface area contributed by atoms with Gasteiger partial charge in [0.1, 0.15) is 0 Å². The zero-order valence-electron chi connectivity index (χ0n) is 7.88. The van der Waals surface area contributed by atoms with Gasteiger partial charge in [-0.05, 0) is 31.7 Å². The Balaban J connectivity index is 2.16. The van der Waals surface area contributed by atoms with Crippen molar-refractivity contribution in [3.05, 3.63) is 0 Å². The van der Waals surface area contributed by atoms with Crippen LogP contribution in [0.4, 0.5) is 0 Å². The van der Waals surface area contributed by atoms with Crippen molar-refractivity contribution in [2.45, 2.75) is 32.1 Å². The Morgan fingerprint density at radius 3 is 2.54 bits per heavy atom. The molecule has 1 atom stereocenters. The van der Waals surface area contributed by atoms with E-state index < -0.39 is 11.4 Å². The minimum atomic E-state index is -0.579. The van der Waals surface area contributed by atoms with Crippen LogP contribution in [0.1, 0.15) is 32.1 Å². The molecule has 1 saturated heterocycles. The topological polar surface area (TPSA) is 49.3 Å². The Hall–Kier alpha value is -0.570. The van der Waals surface area contributed by atoms with E-state index >= 15 is 0 Å². The van der Waals surface area contributed by atoms with E-state index in [1.54, 1.807) is 0 Å². The van der Waals surface area contributed by atoms with Gasteiger partial charge in [-0.1, -0.05) is 12.8 Å². The van der Waals surface area contributed by atoms with Crippen molar-refractivity contribution < 1.29 is 9.90 Å². The van der Waals surface area contributed by atoms with Gasteiger partial charge >= 0.3 is 5.97 Å². The van der Waals surface area contributed by atoms with Crippen LogP contribution < -0.4 is 5.32 Å². The summed E-state index contributed by atoms with van der Waals surface area (Å²) in [5.74, 6) is -0.149. The summed E-state index contributed by atoms with van der Waals surface area (Å²) in [5.41, 5.74) is -0.420. The summed E-state index contributed by atoms with van der Waals surface area (Å²) in [6.07, 6.45) is 5.51. The second kappa shape index (κ2) is 3.29. The third kappa shape index (κ3) is 1.35. The number of carbonyl (C=O) groups is 1. The first-order valence-electron chi connectivity index (χ1n) is 5.20. The fourth-order valence-electron chi connectivity index (χ4n) is 2.90. The van der Waals surface area contributed by atoms with Gasteiger partial charge in [0.05, 0.1) is 5.41 Å². The predicted molar refractivity (Wildman–Crippen MR) is 49.5 cm³/mol. The largest absolute Gasteiger partial charge is 0.481 e. The van der Waals surface area contributed by atoms with E-state index in [1.165, 1.54) is 12.8 Å². The molecule has 2 fully saturated rings. The molecule has 0 radical (unpaired) electrons. The smallest absolute Gasteiger partial charge is 0.311 e. The van der Waals surface area contributed by atoms with E-state index in [0.29, 0.717) is 12.5 Å². The third-order valence-electron chi connectivity index (χ3n) is 3.75. The Morgan fingerprint density at radius 1 is 1.38 bits per heavy atom. The molecule has 0 amide bonds. The molecule has 1 aliphatic heterocycles. The van der Waals surface area contributed by atoms with Gasteiger partial charge in [0.2, 0.25) is 0 Å². The number of hydrogen-bond acceptors (Lipinski definition) is 2. The lowest BCUT2D eigenvalue weighted by atomic mass is 9.73. The normalized spacial score (nSPS) is 35.4. The number of aliphatic carboxylic acids is 1. The van der Waals surface area contributed by atoms with Crippen LogP contribution >= 0.6 is 0 Å². The van der Waals surface area contributed by atoms with Crippen LogP contribution in [-0.4, -0.2) is 24.2 Å². The highest BCUT2D eigenvalue weighted by atomic mass is 16.4. The molecule has 0 spiro atoms. The predicted octanol–water partition coefficient (Wildman–Crippen LogP) is 1.24. The lowest BCUT2D eigenvalue weighted by Gasteiger charge is -2.29. The maximum Gasteiger partial charge on any atom is 0.311 e. The maximum absolute atomic E-state index is 11.3. The first-order valence-corrected chi connectivity index (χ1v) is 5.20. The molecule has 3 heteroatoms. The lowest BCUT2D eigenvalue weighted by molar-refractivity contribution is -0.151. The molecule has 3 nitrogen and oxygen atoms in total. The van der Waals surface area contributed by atoms with Crippen LogP contribution in [0, 0.1) is 11.3 Å². The van der Waals surface area contributed by atoms with Gasteiger partial charge < -0.3 is 10.4 Å². The van der Waals surface area contributed by atoms with Crippen molar-refractivity contribution in [2.75, 3.05) is 13.1 Å². The zero-order chi connectivity index (χ0) is 9.31. The van der Waals surface area contributed by atoms with Crippen LogP contribution in [0.2, 0.25) is 0 Å². The highest BCUT2D eigenvalue weighted by Crippen LogP contribution is 2.43. The van der Waals surface area contributed by atoms with E-state index in [0.717, 1.165) is 25.8 Å². The maximum atomic E-state index is 11.3. The molecule has 0 bridgehead atoms. The fourth-order valence-corrected chi connectivity index (χ4v) is 2.90. The molecule has 0 aromatic rings. The fraction of sp³-hybridized carbons (Fsp3) is 0.900. The summed E-state index contributed by atoms with van der Waals surface area (Å²) in [5, 5.41) is 12.5. The summed E-state index contributed by atoms with van der Waals surface area (Å²) >= 11 is 0. The first-order chi connectivity index (χ1) is 6.26. The van der Waals surface area contributed by atoms with Crippen molar-refractivity contribution in [1.82, 2.24) is 5.32 Å². The molecular weight excluding hydrogens is 166 g/mol. The average Bonchev–Trinajstić information content (AvgIpc) is 2.75. The summed E-state index contributed by atoms with van der Waals surface area (Å²) in [6, 6.07) is 0. The van der Waals surface area contributed by atoms with Gasteiger partial charge in [0, 0.05) is 6.54 Å². The molecule has 13 heavy (non-hydrogen) atoms. The Bertz CT molecular complexity index is 203. The number of carboxylic acids is 1. The van der Waals surface area contributed by atoms with Gasteiger partial charge in [-0.25, -0.2) is 0 Å². The van der Waals surface area contributed by atoms with Crippen molar-refractivity contribution in [2.24, 2.45) is 11.3 Å². The quantitative estimate of drug-likeness (QED) is 0.677. The Kier molecular flexibility index (Phi) is 2.28. The SMILES string of the molecule is O=C(O)C1(C2CCCC2)CCNC1. The number of carboxylic acid groups (broad SMARTS) is 1. The lowest BCUT2D eigenvalue weighted by Crippen LogP contribution is -2.39. The minimum Gasteiger partial charge on any atom is -0.481 e. The van der Waals surface area contributed by atoms with Crippen molar-refractivity contribution >= 4 is 5.97 Å². The summed E-state index contributed by atoms with van der Waals surface area (Å²) < 4.78 is 0. The van der Waals surface area contributed by atoms with Crippen molar-refractivity contribution in [3.8, 4) is 0 Å². The molecule has 1 saturated carbocycles. The van der Waals surface area contributed by atoms with E-state index in [1.807, 2.05) is 0 Å². The highest BCUT2D eigenvalue weighted by molar-refractivity contribution is 5.76. The van der Waals surface area contributed by atoms with Crippen LogP contribution in [0.25, 0.3) is 0 Å². The molecule has 0 aromatic carbocycles. The highest BCUT2D eigenvalue weighted by Gasteiger charge is 2.48. The van der Waals surface area contributed by atoms with Crippen LogP contribution in [0.3, 0.4) is 0 Å². The number of hydrogen-bond donors (Lipinski definition) is 2. The van der Waals surface area contributed by atoms with E-state index in [-0.39, 0.29) is 0 Å². The number of nitrogens with one attached hydrogen (secondary N) is 1. The molecule has 1 aliphatic carbocycles. The second-order valence-electron chi connectivity index (χ2n) is 4.37. The molecule has 1 heterocycles. The first kappa shape index (κ1) is 9.00. The van der Waals surface area contributed by atoms with E-state index in [2.05, 4.69) is 5.32 Å². The van der Waals surface area contributed by atoms with Crippen molar-refractivity contribution in [3.63, 3.8) is 0 Å². The molecule has 74 valence electrons. The van der Waals surface area contributed by atoms with Crippen LogP contribution in [0.15, 0.2) is 0 Å². The van der Waals surface area contributed by atoms with Gasteiger partial charge in [0.25, 0.3) is 0 Å². The minimum absolute atomic E-state index is 0.420. The van der Waals surface area contributed by atoms with Crippen LogP contribution in [0.5, 0.6) is 0 Å². The molecule has 0 aromatic heterocycles. The summed E-state index contributed by atoms with van der Waals surface area (Å²) in [7, 11) is 0. The Morgan fingerprint density at radius 2 is 2.08 bits per heavy atom. The standard InChI is InChI=1S/C10H17NO2/c12-9(13)10(5-6-11-7-10)8-3-1-2-4-8/h8,11H,1-7H2,(H,12,13). The molecule has 2 aliphatic rings. The van der Waals surface area contributed by atoms with Gasteiger partial charge in [-0.15, -0.1) is 0 Å². The van der Waals surface area contributed by atoms with E-state index in [4.69, 9.17) is 0 Å². The zero-order valence-corrected chi connectivity index (χ0v) is 7.88. The van der Waals surface area contributed by atoms with Gasteiger partial charge in [-0.3, -0.25) is 4.79 Å². The average molecular weight is 183 g/mol. The van der Waals surface area contributed by atoms with Crippen LogP contribution in [-0.2, 0) is 4.79 Å². The third-order valence-corrected chi connectivity index (χ3v) is 3.75. The molecule has 2 rings (SSSR count). The summed E-state index contributed by atoms with van der Waals surface area (Å²) in [4.78, 5) is 11.3. The summed E-state index contributed by atoms with van der Waals surface area (Å²) in [6.45, 7) is 1.57. The van der Waals surface area contributed by atoms with Crippen molar-refractivity contribution in [1.29, 1.82) is 0 Å². The number of rotatable bonds is 2. The van der Waals surface area contributed by atoms with Gasteiger partial charge in [0.15, 0.2) is 0 Å². The Labute approximate surface area is 78.5 Å². The molecular formula is C10H17NO2. The van der Waals surface area contributed by atoms with E-state index in [9.17, 15) is 9.90 Å². The molecule has 2 N–H and O–H groups in total. The second-order valence-corrected chi connectivity index (χ2v) is 4.37. The van der Waals surface area contributed by atoms with Gasteiger partial charge in [-0.2, -0.15) is 0 Å². The monoisotopic (exact) mass is 183 g/mol. The molecule has 1 unspecified atom stereocenters.